The van der Waals surface area contributed by atoms with E-state index in [4.69, 9.17) is 28.2 Å². The summed E-state index contributed by atoms with van der Waals surface area (Å²) in [5, 5.41) is 9.31. The number of carboxylic acids is 1. The van der Waals surface area contributed by atoms with Gasteiger partial charge in [0.1, 0.15) is 0 Å². The predicted molar refractivity (Wildman–Crippen MR) is 69.9 cm³/mol. The number of hydrogen-bond donors (Lipinski definition) is 3. The maximum absolute atomic E-state index is 11.2. The van der Waals surface area contributed by atoms with Crippen LogP contribution in [0.3, 0.4) is 0 Å². The molecule has 5 N–H and O–H groups in total. The van der Waals surface area contributed by atoms with E-state index in [1.54, 1.807) is 6.92 Å². The van der Waals surface area contributed by atoms with Crippen LogP contribution in [0.15, 0.2) is 12.1 Å². The number of likely N-dealkylation sites (N-methyl/N-ethyl adjacent to an activating group) is 1. The molecule has 0 aliphatic rings. The lowest BCUT2D eigenvalue weighted by molar-refractivity contribution is -0.116. The SMILES string of the molecule is CCN(CC(N)=O)c1c(Cl)cc(N)cc1C(=O)O. The fraction of sp³-hybridized carbons (Fsp3) is 0.273. The predicted octanol–water partition coefficient (Wildman–Crippen LogP) is 0.932. The molecule has 18 heavy (non-hydrogen) atoms. The van der Waals surface area contributed by atoms with Crippen molar-refractivity contribution in [2.75, 3.05) is 23.7 Å². The number of aromatic carboxylic acids is 1. The van der Waals surface area contributed by atoms with Crippen molar-refractivity contribution in [3.05, 3.63) is 22.7 Å². The van der Waals surface area contributed by atoms with Crippen molar-refractivity contribution in [3.8, 4) is 0 Å². The molecule has 0 aliphatic heterocycles. The Bertz CT molecular complexity index is 491. The quantitative estimate of drug-likeness (QED) is 0.690. The Labute approximate surface area is 109 Å². The average Bonchev–Trinajstić information content (AvgIpc) is 2.25. The monoisotopic (exact) mass is 271 g/mol. The van der Waals surface area contributed by atoms with Gasteiger partial charge in [0, 0.05) is 12.2 Å². The third-order valence-corrected chi connectivity index (χ3v) is 2.65. The van der Waals surface area contributed by atoms with Gasteiger partial charge in [-0.1, -0.05) is 11.6 Å². The average molecular weight is 272 g/mol. The summed E-state index contributed by atoms with van der Waals surface area (Å²) in [6.45, 7) is 2.05. The third kappa shape index (κ3) is 3.04. The Hall–Kier alpha value is -1.95. The molecule has 0 radical (unpaired) electrons. The second kappa shape index (κ2) is 5.59. The number of benzene rings is 1. The van der Waals surface area contributed by atoms with Gasteiger partial charge in [-0.2, -0.15) is 0 Å². The van der Waals surface area contributed by atoms with Gasteiger partial charge in [0.25, 0.3) is 0 Å². The van der Waals surface area contributed by atoms with Crippen molar-refractivity contribution in [1.82, 2.24) is 0 Å². The number of nitrogens with zero attached hydrogens (tertiary/aromatic N) is 1. The second-order valence-electron chi connectivity index (χ2n) is 3.68. The Morgan fingerprint density at radius 2 is 2.06 bits per heavy atom. The van der Waals surface area contributed by atoms with Crippen molar-refractivity contribution >= 4 is 34.9 Å². The van der Waals surface area contributed by atoms with E-state index < -0.39 is 11.9 Å². The van der Waals surface area contributed by atoms with Crippen molar-refractivity contribution in [3.63, 3.8) is 0 Å². The molecule has 0 fully saturated rings. The molecular weight excluding hydrogens is 258 g/mol. The van der Waals surface area contributed by atoms with E-state index in [0.717, 1.165) is 0 Å². The minimum atomic E-state index is -1.16. The largest absolute Gasteiger partial charge is 0.478 e. The summed E-state index contributed by atoms with van der Waals surface area (Å²) in [5.74, 6) is -1.73. The maximum atomic E-state index is 11.2. The Morgan fingerprint density at radius 3 is 2.50 bits per heavy atom. The summed E-state index contributed by atoms with van der Waals surface area (Å²) in [6.07, 6.45) is 0. The molecule has 0 heterocycles. The number of carbonyl (C=O) groups is 2. The van der Waals surface area contributed by atoms with Crippen molar-refractivity contribution in [1.29, 1.82) is 0 Å². The maximum Gasteiger partial charge on any atom is 0.337 e. The Kier molecular flexibility index (Phi) is 4.38. The molecule has 6 nitrogen and oxygen atoms in total. The molecule has 98 valence electrons. The van der Waals surface area contributed by atoms with Crippen molar-refractivity contribution in [2.45, 2.75) is 6.92 Å². The molecule has 0 aliphatic carbocycles. The zero-order valence-corrected chi connectivity index (χ0v) is 10.6. The number of amides is 1. The second-order valence-corrected chi connectivity index (χ2v) is 4.09. The molecule has 1 aromatic carbocycles. The lowest BCUT2D eigenvalue weighted by Crippen LogP contribution is -2.34. The number of halogens is 1. The van der Waals surface area contributed by atoms with Crippen molar-refractivity contribution < 1.29 is 14.7 Å². The van der Waals surface area contributed by atoms with E-state index in [0.29, 0.717) is 6.54 Å². The smallest absolute Gasteiger partial charge is 0.337 e. The number of anilines is 2. The Balaban J connectivity index is 3.35. The van der Waals surface area contributed by atoms with Crippen LogP contribution < -0.4 is 16.4 Å². The van der Waals surface area contributed by atoms with E-state index >= 15 is 0 Å². The Morgan fingerprint density at radius 1 is 1.44 bits per heavy atom. The third-order valence-electron chi connectivity index (χ3n) is 2.36. The molecule has 0 bridgehead atoms. The molecule has 0 saturated heterocycles. The standard InChI is InChI=1S/C11H14ClN3O3/c1-2-15(5-9(14)16)10-7(11(17)18)3-6(13)4-8(10)12/h3-4H,2,5,13H2,1H3,(H2,14,16)(H,17,18). The first-order valence-electron chi connectivity index (χ1n) is 5.22. The zero-order valence-electron chi connectivity index (χ0n) is 9.81. The molecule has 0 atom stereocenters. The van der Waals surface area contributed by atoms with E-state index in [2.05, 4.69) is 0 Å². The van der Waals surface area contributed by atoms with Crippen LogP contribution in [0.4, 0.5) is 11.4 Å². The van der Waals surface area contributed by atoms with Crippen LogP contribution in [0.5, 0.6) is 0 Å². The van der Waals surface area contributed by atoms with Crippen LogP contribution in [0, 0.1) is 0 Å². The van der Waals surface area contributed by atoms with Crippen LogP contribution >= 0.6 is 11.6 Å². The molecule has 0 aromatic heterocycles. The summed E-state index contributed by atoms with van der Waals surface area (Å²) in [7, 11) is 0. The molecule has 1 aromatic rings. The lowest BCUT2D eigenvalue weighted by Gasteiger charge is -2.24. The molecule has 0 unspecified atom stereocenters. The van der Waals surface area contributed by atoms with Gasteiger partial charge >= 0.3 is 5.97 Å². The summed E-state index contributed by atoms with van der Waals surface area (Å²) < 4.78 is 0. The number of carboxylic acid groups (broad SMARTS) is 1. The van der Waals surface area contributed by atoms with Crippen molar-refractivity contribution in [2.24, 2.45) is 5.73 Å². The van der Waals surface area contributed by atoms with Gasteiger partial charge in [0.15, 0.2) is 0 Å². The first kappa shape index (κ1) is 14.1. The minimum Gasteiger partial charge on any atom is -0.478 e. The van der Waals surface area contributed by atoms with Gasteiger partial charge in [-0.25, -0.2) is 4.79 Å². The molecule has 0 saturated carbocycles. The van der Waals surface area contributed by atoms with Gasteiger partial charge in [-0.05, 0) is 19.1 Å². The number of carbonyl (C=O) groups excluding carboxylic acids is 1. The summed E-state index contributed by atoms with van der Waals surface area (Å²) in [6, 6.07) is 2.74. The highest BCUT2D eigenvalue weighted by Gasteiger charge is 2.20. The van der Waals surface area contributed by atoms with Crippen LogP contribution in [-0.4, -0.2) is 30.1 Å². The van der Waals surface area contributed by atoms with Crippen LogP contribution in [0.2, 0.25) is 5.02 Å². The molecule has 1 rings (SSSR count). The number of hydrogen-bond acceptors (Lipinski definition) is 4. The highest BCUT2D eigenvalue weighted by molar-refractivity contribution is 6.34. The number of nitrogens with two attached hydrogens (primary N) is 2. The first-order chi connectivity index (χ1) is 8.36. The van der Waals surface area contributed by atoms with Crippen LogP contribution in [0.1, 0.15) is 17.3 Å². The van der Waals surface area contributed by atoms with Gasteiger partial charge in [-0.3, -0.25) is 4.79 Å². The fourth-order valence-corrected chi connectivity index (χ4v) is 1.99. The summed E-state index contributed by atoms with van der Waals surface area (Å²) in [4.78, 5) is 23.6. The number of primary amides is 1. The van der Waals surface area contributed by atoms with Gasteiger partial charge in [-0.15, -0.1) is 0 Å². The van der Waals surface area contributed by atoms with E-state index in [1.165, 1.54) is 17.0 Å². The number of nitrogen functional groups attached to an aromatic ring is 1. The van der Waals surface area contributed by atoms with Crippen LogP contribution in [-0.2, 0) is 4.79 Å². The summed E-state index contributed by atoms with van der Waals surface area (Å²) in [5.41, 5.74) is 11.1. The number of rotatable bonds is 5. The molecule has 0 spiro atoms. The van der Waals surface area contributed by atoms with Gasteiger partial charge < -0.3 is 21.5 Å². The van der Waals surface area contributed by atoms with E-state index in [-0.39, 0.29) is 28.5 Å². The highest BCUT2D eigenvalue weighted by atomic mass is 35.5. The first-order valence-corrected chi connectivity index (χ1v) is 5.60. The lowest BCUT2D eigenvalue weighted by atomic mass is 10.1. The summed E-state index contributed by atoms with van der Waals surface area (Å²) >= 11 is 6.00. The minimum absolute atomic E-state index is 0.0527. The molecule has 1 amide bonds. The molecular formula is C11H14ClN3O3. The van der Waals surface area contributed by atoms with Gasteiger partial charge in [0.05, 0.1) is 22.8 Å². The van der Waals surface area contributed by atoms with E-state index in [1.807, 2.05) is 0 Å². The van der Waals surface area contributed by atoms with Gasteiger partial charge in [0.2, 0.25) is 5.91 Å². The topological polar surface area (TPSA) is 110 Å². The normalized spacial score (nSPS) is 10.1. The fourth-order valence-electron chi connectivity index (χ4n) is 1.64. The van der Waals surface area contributed by atoms with E-state index in [9.17, 15) is 9.59 Å². The highest BCUT2D eigenvalue weighted by Crippen LogP contribution is 2.32. The zero-order chi connectivity index (χ0) is 13.9. The molecule has 7 heteroatoms. The van der Waals surface area contributed by atoms with Crippen LogP contribution in [0.25, 0.3) is 0 Å².